The first-order valence-corrected chi connectivity index (χ1v) is 12.1. The maximum absolute atomic E-state index is 13.0. The zero-order chi connectivity index (χ0) is 22.9. The van der Waals surface area contributed by atoms with Crippen LogP contribution in [0.1, 0.15) is 36.6 Å². The molecule has 4 heterocycles. The molecule has 0 saturated carbocycles. The van der Waals surface area contributed by atoms with Gasteiger partial charge in [-0.15, -0.1) is 11.3 Å². The molecule has 0 aliphatic heterocycles. The molecule has 10 heteroatoms. The van der Waals surface area contributed by atoms with E-state index in [0.29, 0.717) is 17.2 Å². The number of methoxy groups -OCH3 is 1. The highest BCUT2D eigenvalue weighted by atomic mass is 32.1. The van der Waals surface area contributed by atoms with E-state index in [1.54, 1.807) is 31.0 Å². The van der Waals surface area contributed by atoms with Crippen molar-refractivity contribution in [2.24, 2.45) is 5.92 Å². The van der Waals surface area contributed by atoms with Gasteiger partial charge in [0.1, 0.15) is 22.7 Å². The van der Waals surface area contributed by atoms with Crippen LogP contribution in [0.3, 0.4) is 0 Å². The molecule has 0 unspecified atom stereocenters. The van der Waals surface area contributed by atoms with Gasteiger partial charge >= 0.3 is 0 Å². The number of thiophene rings is 1. The molecule has 0 saturated heterocycles. The number of nitrogens with zero attached hydrogens (tertiary/aromatic N) is 5. The molecule has 0 aromatic carbocycles. The van der Waals surface area contributed by atoms with Gasteiger partial charge in [0.15, 0.2) is 5.65 Å². The van der Waals surface area contributed by atoms with Crippen molar-refractivity contribution < 1.29 is 9.53 Å². The number of pyridine rings is 1. The van der Waals surface area contributed by atoms with E-state index in [4.69, 9.17) is 4.74 Å². The van der Waals surface area contributed by atoms with Crippen molar-refractivity contribution in [3.8, 4) is 5.88 Å². The van der Waals surface area contributed by atoms with Crippen LogP contribution in [0.2, 0.25) is 0 Å². The highest BCUT2D eigenvalue weighted by Crippen LogP contribution is 2.41. The third kappa shape index (κ3) is 3.99. The number of aromatic nitrogens is 5. The number of nitrogens with one attached hydrogen (secondary N) is 2. The van der Waals surface area contributed by atoms with Gasteiger partial charge in [-0.25, -0.2) is 9.97 Å². The van der Waals surface area contributed by atoms with Crippen LogP contribution in [0.4, 0.5) is 11.5 Å². The number of anilines is 2. The Balaban J connectivity index is 1.45. The normalized spacial score (nSPS) is 15.5. The summed E-state index contributed by atoms with van der Waals surface area (Å²) >= 11 is 1.67. The number of carbonyl (C=O) groups is 1. The number of ether oxygens (including phenoxy) is 1. The third-order valence-corrected chi connectivity index (χ3v) is 7.42. The van der Waals surface area contributed by atoms with Gasteiger partial charge in [0, 0.05) is 29.8 Å². The lowest BCUT2D eigenvalue weighted by molar-refractivity contribution is -0.134. The molecule has 4 aromatic heterocycles. The van der Waals surface area contributed by atoms with Crippen LogP contribution >= 0.6 is 11.3 Å². The maximum Gasteiger partial charge on any atom is 0.239 e. The van der Waals surface area contributed by atoms with Gasteiger partial charge in [-0.05, 0) is 37.3 Å². The SMILES string of the molecule is CCCCN(C)C(=O)[C@H]1CCc2c(sc3ncnc(Nc4cc5cn[nH]c5nc4OC)c23)C1. The molecular weight excluding hydrogens is 438 g/mol. The molecule has 9 nitrogen and oxygen atoms in total. The molecule has 33 heavy (non-hydrogen) atoms. The Hall–Kier alpha value is -3.27. The van der Waals surface area contributed by atoms with E-state index in [-0.39, 0.29) is 11.8 Å². The molecule has 0 bridgehead atoms. The molecule has 1 aliphatic carbocycles. The topological polar surface area (TPSA) is 109 Å². The van der Waals surface area contributed by atoms with Gasteiger partial charge < -0.3 is 15.0 Å². The highest BCUT2D eigenvalue weighted by Gasteiger charge is 2.30. The molecule has 1 atom stereocenters. The first-order chi connectivity index (χ1) is 16.1. The quantitative estimate of drug-likeness (QED) is 0.423. The number of aryl methyl sites for hydroxylation is 1. The van der Waals surface area contributed by atoms with E-state index in [1.165, 1.54) is 10.4 Å². The van der Waals surface area contributed by atoms with Crippen LogP contribution < -0.4 is 10.1 Å². The fourth-order valence-electron chi connectivity index (χ4n) is 4.47. The van der Waals surface area contributed by atoms with Crippen molar-refractivity contribution in [2.45, 2.75) is 39.0 Å². The van der Waals surface area contributed by atoms with E-state index >= 15 is 0 Å². The summed E-state index contributed by atoms with van der Waals surface area (Å²) < 4.78 is 5.49. The van der Waals surface area contributed by atoms with Crippen LogP contribution in [0, 0.1) is 5.92 Å². The Labute approximate surface area is 195 Å². The highest BCUT2D eigenvalue weighted by molar-refractivity contribution is 7.19. The average Bonchev–Trinajstić information content (AvgIpc) is 3.45. The Morgan fingerprint density at radius 3 is 3.09 bits per heavy atom. The second-order valence-corrected chi connectivity index (χ2v) is 9.52. The van der Waals surface area contributed by atoms with Gasteiger partial charge in [-0.1, -0.05) is 13.3 Å². The van der Waals surface area contributed by atoms with Crippen LogP contribution in [0.25, 0.3) is 21.3 Å². The molecular formula is C23H27N7O2S. The van der Waals surface area contributed by atoms with Gasteiger partial charge in [-0.2, -0.15) is 10.1 Å². The fourth-order valence-corrected chi connectivity index (χ4v) is 5.74. The number of unbranched alkanes of at least 4 members (excludes halogenated alkanes) is 1. The van der Waals surface area contributed by atoms with E-state index in [9.17, 15) is 4.79 Å². The molecule has 172 valence electrons. The summed E-state index contributed by atoms with van der Waals surface area (Å²) in [4.78, 5) is 30.6. The summed E-state index contributed by atoms with van der Waals surface area (Å²) in [5.41, 5.74) is 2.63. The molecule has 4 aromatic rings. The van der Waals surface area contributed by atoms with Crippen LogP contribution in [0.15, 0.2) is 18.6 Å². The lowest BCUT2D eigenvalue weighted by atomic mass is 9.87. The van der Waals surface area contributed by atoms with E-state index in [2.05, 4.69) is 37.4 Å². The van der Waals surface area contributed by atoms with Gasteiger partial charge in [0.2, 0.25) is 11.8 Å². The Morgan fingerprint density at radius 2 is 2.27 bits per heavy atom. The number of fused-ring (bicyclic) bond motifs is 4. The lowest BCUT2D eigenvalue weighted by Gasteiger charge is -2.26. The summed E-state index contributed by atoms with van der Waals surface area (Å²) in [6.45, 7) is 2.97. The number of amides is 1. The van der Waals surface area contributed by atoms with E-state index < -0.39 is 0 Å². The number of H-pyrrole nitrogens is 1. The zero-order valence-electron chi connectivity index (χ0n) is 19.0. The molecule has 5 rings (SSSR count). The first-order valence-electron chi connectivity index (χ1n) is 11.2. The minimum absolute atomic E-state index is 0.0320. The van der Waals surface area contributed by atoms with Crippen molar-refractivity contribution in [2.75, 3.05) is 26.0 Å². The molecule has 2 N–H and O–H groups in total. The minimum Gasteiger partial charge on any atom is -0.479 e. The summed E-state index contributed by atoms with van der Waals surface area (Å²) in [5.74, 6) is 1.47. The van der Waals surface area contributed by atoms with E-state index in [0.717, 1.165) is 60.1 Å². The van der Waals surface area contributed by atoms with Crippen molar-refractivity contribution in [3.63, 3.8) is 0 Å². The maximum atomic E-state index is 13.0. The van der Waals surface area contributed by atoms with Gasteiger partial charge in [0.05, 0.1) is 18.7 Å². The first kappa shape index (κ1) is 21.6. The van der Waals surface area contributed by atoms with Crippen LogP contribution in [-0.2, 0) is 17.6 Å². The molecule has 0 spiro atoms. The van der Waals surface area contributed by atoms with Crippen LogP contribution in [0.5, 0.6) is 5.88 Å². The molecule has 1 aliphatic rings. The Bertz CT molecular complexity index is 1320. The molecule has 0 radical (unpaired) electrons. The third-order valence-electron chi connectivity index (χ3n) is 6.26. The number of carbonyl (C=O) groups excluding carboxylic acids is 1. The summed E-state index contributed by atoms with van der Waals surface area (Å²) in [6.07, 6.45) is 7.87. The number of hydrogen-bond acceptors (Lipinski definition) is 8. The van der Waals surface area contributed by atoms with Crippen molar-refractivity contribution in [3.05, 3.63) is 29.0 Å². The monoisotopic (exact) mass is 465 g/mol. The lowest BCUT2D eigenvalue weighted by Crippen LogP contribution is -2.36. The van der Waals surface area contributed by atoms with Crippen LogP contribution in [-0.4, -0.2) is 56.7 Å². The fraction of sp³-hybridized carbons (Fsp3) is 0.435. The van der Waals surface area contributed by atoms with Gasteiger partial charge in [-0.3, -0.25) is 9.89 Å². The Kier molecular flexibility index (Phi) is 5.84. The van der Waals surface area contributed by atoms with Crippen molar-refractivity contribution >= 4 is 50.0 Å². The molecule has 0 fully saturated rings. The minimum atomic E-state index is 0.0320. The average molecular weight is 466 g/mol. The number of aromatic amines is 1. The number of rotatable bonds is 7. The summed E-state index contributed by atoms with van der Waals surface area (Å²) in [6, 6.07) is 1.94. The standard InChI is InChI=1S/C23H27N7O2S/c1-4-5-8-30(2)23(31)13-6-7-15-17(10-13)33-22-18(15)20(24-12-25-22)27-16-9-14-11-26-29-19(14)28-21(16)32-3/h9,11-13H,4-8,10H2,1-3H3,(H,24,25,27)(H,26,28,29)/t13-/m0/s1. The second-order valence-electron chi connectivity index (χ2n) is 8.44. The largest absolute Gasteiger partial charge is 0.479 e. The predicted octanol–water partition coefficient (Wildman–Crippen LogP) is 4.08. The van der Waals surface area contributed by atoms with Gasteiger partial charge in [0.25, 0.3) is 0 Å². The summed E-state index contributed by atoms with van der Waals surface area (Å²) in [5, 5.41) is 12.2. The number of hydrogen-bond donors (Lipinski definition) is 2. The second kappa shape index (κ2) is 8.93. The van der Waals surface area contributed by atoms with E-state index in [1.807, 2.05) is 18.0 Å². The van der Waals surface area contributed by atoms with Crippen molar-refractivity contribution in [1.82, 2.24) is 30.0 Å². The van der Waals surface area contributed by atoms with Crippen molar-refractivity contribution in [1.29, 1.82) is 0 Å². The summed E-state index contributed by atoms with van der Waals surface area (Å²) in [7, 11) is 3.51. The smallest absolute Gasteiger partial charge is 0.239 e. The Morgan fingerprint density at radius 1 is 1.39 bits per heavy atom. The zero-order valence-corrected chi connectivity index (χ0v) is 19.8. The molecule has 1 amide bonds. The predicted molar refractivity (Wildman–Crippen MR) is 129 cm³/mol.